The molecule has 1 N–H and O–H groups in total. The molecule has 0 heterocycles. The first-order valence-electron chi connectivity index (χ1n) is 7.34. The van der Waals surface area contributed by atoms with Crippen LogP contribution >= 0.6 is 15.9 Å². The molecule has 5 nitrogen and oxygen atoms in total. The molecule has 124 valence electrons. The van der Waals surface area contributed by atoms with Crippen LogP contribution < -0.4 is 4.74 Å². The molecule has 1 unspecified atom stereocenters. The van der Waals surface area contributed by atoms with Gasteiger partial charge in [0.25, 0.3) is 0 Å². The summed E-state index contributed by atoms with van der Waals surface area (Å²) in [5.74, 6) is -0.383. The number of hydrogen-bond donors (Lipinski definition) is 1. The molecule has 0 bridgehead atoms. The van der Waals surface area contributed by atoms with Gasteiger partial charge >= 0.3 is 5.97 Å². The van der Waals surface area contributed by atoms with Crippen molar-refractivity contribution in [1.82, 2.24) is 4.90 Å². The predicted molar refractivity (Wildman–Crippen MR) is 89.3 cm³/mol. The molecule has 0 fully saturated rings. The second-order valence-electron chi connectivity index (χ2n) is 5.23. The lowest BCUT2D eigenvalue weighted by atomic mass is 10.1. The minimum Gasteiger partial charge on any atom is -0.491 e. The van der Waals surface area contributed by atoms with Crippen molar-refractivity contribution in [3.63, 3.8) is 0 Å². The Morgan fingerprint density at radius 2 is 2.14 bits per heavy atom. The molecule has 1 atom stereocenters. The SMILES string of the molecule is CCOCCOc1ccc(Br)cc1CN(C)CC(C)C(=O)O. The molecule has 0 spiro atoms. The lowest BCUT2D eigenvalue weighted by Gasteiger charge is -2.21. The maximum Gasteiger partial charge on any atom is 0.307 e. The van der Waals surface area contributed by atoms with E-state index in [-0.39, 0.29) is 0 Å². The normalized spacial score (nSPS) is 12.4. The van der Waals surface area contributed by atoms with Crippen LogP contribution in [0.15, 0.2) is 22.7 Å². The van der Waals surface area contributed by atoms with E-state index < -0.39 is 11.9 Å². The number of carboxylic acid groups (broad SMARTS) is 1. The number of hydrogen-bond acceptors (Lipinski definition) is 4. The summed E-state index contributed by atoms with van der Waals surface area (Å²) >= 11 is 3.46. The molecule has 0 aromatic heterocycles. The highest BCUT2D eigenvalue weighted by Crippen LogP contribution is 2.24. The Kier molecular flexibility index (Phi) is 8.45. The van der Waals surface area contributed by atoms with Gasteiger partial charge in [0, 0.05) is 29.7 Å². The van der Waals surface area contributed by atoms with E-state index in [4.69, 9.17) is 14.6 Å². The summed E-state index contributed by atoms with van der Waals surface area (Å²) in [7, 11) is 1.91. The number of rotatable bonds is 10. The summed E-state index contributed by atoms with van der Waals surface area (Å²) in [5.41, 5.74) is 1.02. The molecule has 0 amide bonds. The molecule has 0 aliphatic heterocycles. The summed E-state index contributed by atoms with van der Waals surface area (Å²) in [6.07, 6.45) is 0. The molecular weight excluding hydrogens is 350 g/mol. The molecule has 0 saturated heterocycles. The highest BCUT2D eigenvalue weighted by molar-refractivity contribution is 9.10. The van der Waals surface area contributed by atoms with Crippen molar-refractivity contribution < 1.29 is 19.4 Å². The minimum atomic E-state index is -0.783. The molecular formula is C16H24BrNO4. The second-order valence-corrected chi connectivity index (χ2v) is 6.15. The average Bonchev–Trinajstić information content (AvgIpc) is 2.45. The molecule has 1 aromatic carbocycles. The first kappa shape index (κ1) is 18.9. The number of carbonyl (C=O) groups is 1. The number of ether oxygens (including phenoxy) is 2. The third kappa shape index (κ3) is 6.77. The molecule has 22 heavy (non-hydrogen) atoms. The fourth-order valence-corrected chi connectivity index (χ4v) is 2.48. The second kappa shape index (κ2) is 9.82. The van der Waals surface area contributed by atoms with E-state index in [0.717, 1.165) is 15.8 Å². The van der Waals surface area contributed by atoms with Gasteiger partial charge in [0.1, 0.15) is 12.4 Å². The van der Waals surface area contributed by atoms with Gasteiger partial charge < -0.3 is 19.5 Å². The summed E-state index contributed by atoms with van der Waals surface area (Å²) in [5, 5.41) is 8.99. The zero-order chi connectivity index (χ0) is 16.5. The highest BCUT2D eigenvalue weighted by atomic mass is 79.9. The molecule has 0 radical (unpaired) electrons. The van der Waals surface area contributed by atoms with Gasteiger partial charge in [-0.05, 0) is 32.2 Å². The van der Waals surface area contributed by atoms with Gasteiger partial charge in [-0.1, -0.05) is 22.9 Å². The van der Waals surface area contributed by atoms with Crippen LogP contribution in [-0.2, 0) is 16.1 Å². The highest BCUT2D eigenvalue weighted by Gasteiger charge is 2.15. The van der Waals surface area contributed by atoms with Gasteiger partial charge in [0.2, 0.25) is 0 Å². The largest absolute Gasteiger partial charge is 0.491 e. The van der Waals surface area contributed by atoms with E-state index in [2.05, 4.69) is 15.9 Å². The van der Waals surface area contributed by atoms with Crippen LogP contribution in [0.4, 0.5) is 0 Å². The number of benzene rings is 1. The van der Waals surface area contributed by atoms with Crippen LogP contribution in [0.5, 0.6) is 5.75 Å². The quantitative estimate of drug-likeness (QED) is 0.638. The molecule has 0 aliphatic rings. The van der Waals surface area contributed by atoms with Crippen molar-refractivity contribution in [1.29, 1.82) is 0 Å². The van der Waals surface area contributed by atoms with E-state index in [9.17, 15) is 4.79 Å². The van der Waals surface area contributed by atoms with Crippen LogP contribution in [0.1, 0.15) is 19.4 Å². The van der Waals surface area contributed by atoms with Crippen molar-refractivity contribution >= 4 is 21.9 Å². The van der Waals surface area contributed by atoms with Crippen molar-refractivity contribution in [3.05, 3.63) is 28.2 Å². The van der Waals surface area contributed by atoms with Gasteiger partial charge in [-0.15, -0.1) is 0 Å². The molecule has 0 aliphatic carbocycles. The number of carboxylic acids is 1. The third-order valence-corrected chi connectivity index (χ3v) is 3.65. The zero-order valence-corrected chi connectivity index (χ0v) is 14.9. The Morgan fingerprint density at radius 3 is 2.77 bits per heavy atom. The van der Waals surface area contributed by atoms with Crippen LogP contribution in [0.2, 0.25) is 0 Å². The fraction of sp³-hybridized carbons (Fsp3) is 0.562. The molecule has 6 heteroatoms. The van der Waals surface area contributed by atoms with Crippen molar-refractivity contribution in [2.75, 3.05) is 33.4 Å². The molecule has 1 aromatic rings. The Labute approximate surface area is 140 Å². The van der Waals surface area contributed by atoms with Crippen molar-refractivity contribution in [2.24, 2.45) is 5.92 Å². The Morgan fingerprint density at radius 1 is 1.41 bits per heavy atom. The van der Waals surface area contributed by atoms with Crippen LogP contribution in [0.3, 0.4) is 0 Å². The summed E-state index contributed by atoms with van der Waals surface area (Å²) in [4.78, 5) is 12.9. The van der Waals surface area contributed by atoms with Gasteiger partial charge in [-0.3, -0.25) is 4.79 Å². The average molecular weight is 374 g/mol. The van der Waals surface area contributed by atoms with Gasteiger partial charge in [-0.25, -0.2) is 0 Å². The standard InChI is InChI=1S/C16H24BrNO4/c1-4-21-7-8-22-15-6-5-14(17)9-13(15)11-18(3)10-12(2)16(19)20/h5-6,9,12H,4,7-8,10-11H2,1-3H3,(H,19,20). The molecule has 1 rings (SSSR count). The van der Waals surface area contributed by atoms with Crippen LogP contribution in [0, 0.1) is 5.92 Å². The Bertz CT molecular complexity index is 481. The maximum atomic E-state index is 10.9. The number of halogens is 1. The predicted octanol–water partition coefficient (Wildman–Crippen LogP) is 3.02. The lowest BCUT2D eigenvalue weighted by molar-refractivity contribution is -0.141. The first-order chi connectivity index (χ1) is 10.4. The van der Waals surface area contributed by atoms with E-state index >= 15 is 0 Å². The van der Waals surface area contributed by atoms with Crippen LogP contribution in [0.25, 0.3) is 0 Å². The molecule has 0 saturated carbocycles. The van der Waals surface area contributed by atoms with Crippen molar-refractivity contribution in [3.8, 4) is 5.75 Å². The van der Waals surface area contributed by atoms with Gasteiger partial charge in [-0.2, -0.15) is 0 Å². The first-order valence-corrected chi connectivity index (χ1v) is 8.13. The van der Waals surface area contributed by atoms with E-state index in [1.54, 1.807) is 6.92 Å². The third-order valence-electron chi connectivity index (χ3n) is 3.16. The fourth-order valence-electron chi connectivity index (χ4n) is 2.07. The lowest BCUT2D eigenvalue weighted by Crippen LogP contribution is -2.28. The Hall–Kier alpha value is -1.11. The van der Waals surface area contributed by atoms with E-state index in [1.165, 1.54) is 0 Å². The monoisotopic (exact) mass is 373 g/mol. The maximum absolute atomic E-state index is 10.9. The minimum absolute atomic E-state index is 0.403. The topological polar surface area (TPSA) is 59.0 Å². The van der Waals surface area contributed by atoms with Crippen LogP contribution in [-0.4, -0.2) is 49.4 Å². The number of aliphatic carboxylic acids is 1. The zero-order valence-electron chi connectivity index (χ0n) is 13.3. The smallest absolute Gasteiger partial charge is 0.307 e. The van der Waals surface area contributed by atoms with Gasteiger partial charge in [0.15, 0.2) is 0 Å². The van der Waals surface area contributed by atoms with Crippen molar-refractivity contribution in [2.45, 2.75) is 20.4 Å². The van der Waals surface area contributed by atoms with Gasteiger partial charge in [0.05, 0.1) is 12.5 Å². The van der Waals surface area contributed by atoms with E-state index in [1.807, 2.05) is 37.1 Å². The summed E-state index contributed by atoms with van der Waals surface area (Å²) in [6.45, 7) is 6.49. The summed E-state index contributed by atoms with van der Waals surface area (Å²) in [6, 6.07) is 5.84. The Balaban J connectivity index is 2.66. The number of nitrogens with zero attached hydrogens (tertiary/aromatic N) is 1. The summed E-state index contributed by atoms with van der Waals surface area (Å²) < 4.78 is 12.0. The van der Waals surface area contributed by atoms with E-state index in [0.29, 0.717) is 32.9 Å².